The third kappa shape index (κ3) is 4.87. The van der Waals surface area contributed by atoms with Crippen molar-refractivity contribution < 1.29 is 4.79 Å². The van der Waals surface area contributed by atoms with Crippen molar-refractivity contribution >= 4 is 29.9 Å². The molecule has 0 spiro atoms. The van der Waals surface area contributed by atoms with E-state index in [1.807, 2.05) is 24.3 Å². The molecule has 2 atom stereocenters. The molecule has 1 amide bonds. The zero-order chi connectivity index (χ0) is 15.5. The monoisotopic (exact) mass is 344 g/mol. The Morgan fingerprint density at radius 3 is 2.73 bits per heavy atom. The molecule has 2 rings (SSSR count). The summed E-state index contributed by atoms with van der Waals surface area (Å²) >= 11 is 6.27. The van der Waals surface area contributed by atoms with Crippen LogP contribution in [-0.2, 0) is 10.2 Å². The zero-order valence-electron chi connectivity index (χ0n) is 13.5. The minimum absolute atomic E-state index is 0. The normalized spacial score (nSPS) is 21.8. The third-order valence-corrected chi connectivity index (χ3v) is 4.63. The first-order valence-electron chi connectivity index (χ1n) is 7.66. The SMILES string of the molecule is C[C@H]1C[C@@H](C(=O)NCC(C)(C)c2ccccc2Cl)CCN1.Cl. The molecule has 0 aliphatic carbocycles. The van der Waals surface area contributed by atoms with Gasteiger partial charge in [-0.2, -0.15) is 0 Å². The standard InChI is InChI=1S/C17H25ClN2O.ClH/c1-12-10-13(8-9-19-12)16(21)20-11-17(2,3)14-6-4-5-7-15(14)18;/h4-7,12-13,19H,8-11H2,1-3H3,(H,20,21);1H/t12-,13-;/m0./s1. The molecule has 0 saturated carbocycles. The summed E-state index contributed by atoms with van der Waals surface area (Å²) in [5.41, 5.74) is 0.901. The molecule has 0 bridgehead atoms. The first kappa shape index (κ1) is 19.3. The lowest BCUT2D eigenvalue weighted by Crippen LogP contribution is -2.45. The zero-order valence-corrected chi connectivity index (χ0v) is 15.1. The molecule has 22 heavy (non-hydrogen) atoms. The van der Waals surface area contributed by atoms with Crippen LogP contribution in [-0.4, -0.2) is 25.0 Å². The second-order valence-corrected chi connectivity index (χ2v) is 7.07. The number of carbonyl (C=O) groups is 1. The first-order chi connectivity index (χ1) is 9.90. The molecule has 124 valence electrons. The predicted molar refractivity (Wildman–Crippen MR) is 94.9 cm³/mol. The minimum Gasteiger partial charge on any atom is -0.355 e. The number of benzene rings is 1. The van der Waals surface area contributed by atoms with E-state index in [-0.39, 0.29) is 29.6 Å². The maximum atomic E-state index is 12.3. The number of rotatable bonds is 4. The Balaban J connectivity index is 0.00000242. The molecular weight excluding hydrogens is 319 g/mol. The van der Waals surface area contributed by atoms with Crippen LogP contribution >= 0.6 is 24.0 Å². The Bertz CT molecular complexity index is 505. The van der Waals surface area contributed by atoms with Crippen molar-refractivity contribution in [3.8, 4) is 0 Å². The van der Waals surface area contributed by atoms with Gasteiger partial charge in [-0.05, 0) is 37.9 Å². The molecule has 0 unspecified atom stereocenters. The molecule has 1 aromatic rings. The van der Waals surface area contributed by atoms with Gasteiger partial charge in [-0.3, -0.25) is 4.79 Å². The maximum Gasteiger partial charge on any atom is 0.223 e. The average molecular weight is 345 g/mol. The van der Waals surface area contributed by atoms with Crippen LogP contribution in [0.1, 0.15) is 39.2 Å². The summed E-state index contributed by atoms with van der Waals surface area (Å²) in [5.74, 6) is 0.298. The Labute approximate surface area is 144 Å². The van der Waals surface area contributed by atoms with Crippen LogP contribution in [0.25, 0.3) is 0 Å². The Morgan fingerprint density at radius 1 is 1.41 bits per heavy atom. The fourth-order valence-corrected chi connectivity index (χ4v) is 3.32. The molecule has 1 heterocycles. The van der Waals surface area contributed by atoms with Crippen LogP contribution in [0.3, 0.4) is 0 Å². The van der Waals surface area contributed by atoms with E-state index in [0.29, 0.717) is 12.6 Å². The molecule has 5 heteroatoms. The van der Waals surface area contributed by atoms with Gasteiger partial charge in [0.25, 0.3) is 0 Å². The lowest BCUT2D eigenvalue weighted by molar-refractivity contribution is -0.126. The number of piperidine rings is 1. The molecule has 1 fully saturated rings. The van der Waals surface area contributed by atoms with Gasteiger partial charge in [-0.15, -0.1) is 12.4 Å². The lowest BCUT2D eigenvalue weighted by atomic mass is 9.84. The molecule has 0 radical (unpaired) electrons. The highest BCUT2D eigenvalue weighted by Gasteiger charge is 2.28. The summed E-state index contributed by atoms with van der Waals surface area (Å²) < 4.78 is 0. The molecule has 0 aromatic heterocycles. The van der Waals surface area contributed by atoms with Gasteiger partial charge in [0.2, 0.25) is 5.91 Å². The smallest absolute Gasteiger partial charge is 0.223 e. The van der Waals surface area contributed by atoms with E-state index < -0.39 is 0 Å². The largest absolute Gasteiger partial charge is 0.355 e. The van der Waals surface area contributed by atoms with Gasteiger partial charge in [0.05, 0.1) is 0 Å². The van der Waals surface area contributed by atoms with Gasteiger partial charge in [-0.1, -0.05) is 43.6 Å². The predicted octanol–water partition coefficient (Wildman–Crippen LogP) is 3.54. The van der Waals surface area contributed by atoms with Gasteiger partial charge in [-0.25, -0.2) is 0 Å². The molecule has 1 aliphatic heterocycles. The van der Waals surface area contributed by atoms with E-state index in [4.69, 9.17) is 11.6 Å². The number of nitrogens with one attached hydrogen (secondary N) is 2. The molecule has 3 nitrogen and oxygen atoms in total. The molecule has 1 aliphatic rings. The van der Waals surface area contributed by atoms with Gasteiger partial charge in [0, 0.05) is 28.9 Å². The summed E-state index contributed by atoms with van der Waals surface area (Å²) in [5, 5.41) is 7.25. The number of hydrogen-bond donors (Lipinski definition) is 2. The summed E-state index contributed by atoms with van der Waals surface area (Å²) in [4.78, 5) is 12.3. The number of carbonyl (C=O) groups excluding carboxylic acids is 1. The number of hydrogen-bond acceptors (Lipinski definition) is 2. The minimum atomic E-state index is -0.174. The van der Waals surface area contributed by atoms with Crippen molar-refractivity contribution in [2.45, 2.75) is 45.1 Å². The van der Waals surface area contributed by atoms with E-state index in [1.165, 1.54) is 0 Å². The average Bonchev–Trinajstić information content (AvgIpc) is 2.45. The third-order valence-electron chi connectivity index (χ3n) is 4.30. The van der Waals surface area contributed by atoms with Crippen molar-refractivity contribution in [1.29, 1.82) is 0 Å². The summed E-state index contributed by atoms with van der Waals surface area (Å²) in [6, 6.07) is 8.26. The fraction of sp³-hybridized carbons (Fsp3) is 0.588. The summed E-state index contributed by atoms with van der Waals surface area (Å²) in [6.07, 6.45) is 1.83. The first-order valence-corrected chi connectivity index (χ1v) is 8.04. The number of halogens is 2. The molecule has 1 saturated heterocycles. The Kier molecular flexibility index (Phi) is 7.17. The highest BCUT2D eigenvalue weighted by atomic mass is 35.5. The Morgan fingerprint density at radius 2 is 2.09 bits per heavy atom. The van der Waals surface area contributed by atoms with Crippen LogP contribution in [0.4, 0.5) is 0 Å². The van der Waals surface area contributed by atoms with Gasteiger partial charge >= 0.3 is 0 Å². The van der Waals surface area contributed by atoms with E-state index in [1.54, 1.807) is 0 Å². The number of amides is 1. The molecular formula is C17H26Cl2N2O. The maximum absolute atomic E-state index is 12.3. The van der Waals surface area contributed by atoms with Crippen molar-refractivity contribution in [3.05, 3.63) is 34.9 Å². The quantitative estimate of drug-likeness (QED) is 0.876. The topological polar surface area (TPSA) is 41.1 Å². The summed E-state index contributed by atoms with van der Waals surface area (Å²) in [7, 11) is 0. The van der Waals surface area contributed by atoms with Crippen molar-refractivity contribution in [2.75, 3.05) is 13.1 Å². The van der Waals surface area contributed by atoms with E-state index in [9.17, 15) is 4.79 Å². The molecule has 2 N–H and O–H groups in total. The van der Waals surface area contributed by atoms with Gasteiger partial charge in [0.1, 0.15) is 0 Å². The van der Waals surface area contributed by atoms with Crippen LogP contribution in [0.15, 0.2) is 24.3 Å². The molecule has 1 aromatic carbocycles. The Hall–Kier alpha value is -0.770. The van der Waals surface area contributed by atoms with Crippen LogP contribution in [0, 0.1) is 5.92 Å². The van der Waals surface area contributed by atoms with E-state index >= 15 is 0 Å². The van der Waals surface area contributed by atoms with Crippen LogP contribution in [0.2, 0.25) is 5.02 Å². The highest BCUT2D eigenvalue weighted by Crippen LogP contribution is 2.29. The fourth-order valence-electron chi connectivity index (χ4n) is 2.93. The summed E-state index contributed by atoms with van der Waals surface area (Å²) in [6.45, 7) is 7.88. The van der Waals surface area contributed by atoms with E-state index in [2.05, 4.69) is 31.4 Å². The van der Waals surface area contributed by atoms with Crippen molar-refractivity contribution in [3.63, 3.8) is 0 Å². The van der Waals surface area contributed by atoms with Crippen LogP contribution < -0.4 is 10.6 Å². The van der Waals surface area contributed by atoms with Crippen LogP contribution in [0.5, 0.6) is 0 Å². The second-order valence-electron chi connectivity index (χ2n) is 6.66. The van der Waals surface area contributed by atoms with Gasteiger partial charge < -0.3 is 10.6 Å². The van der Waals surface area contributed by atoms with Crippen molar-refractivity contribution in [2.24, 2.45) is 5.92 Å². The van der Waals surface area contributed by atoms with E-state index in [0.717, 1.165) is 30.0 Å². The van der Waals surface area contributed by atoms with Crippen molar-refractivity contribution in [1.82, 2.24) is 10.6 Å². The second kappa shape index (κ2) is 8.19. The lowest BCUT2D eigenvalue weighted by Gasteiger charge is -2.30. The van der Waals surface area contributed by atoms with Gasteiger partial charge in [0.15, 0.2) is 0 Å². The highest BCUT2D eigenvalue weighted by molar-refractivity contribution is 6.31.